The molecule has 0 amide bonds. The molecular weight excluding hydrogens is 357 g/mol. The minimum absolute atomic E-state index is 0.832. The summed E-state index contributed by atoms with van der Waals surface area (Å²) < 4.78 is 1.12. The fourth-order valence-corrected chi connectivity index (χ4v) is 3.68. The highest BCUT2D eigenvalue weighted by atomic mass is 127. The van der Waals surface area contributed by atoms with Crippen LogP contribution in [0.1, 0.15) is 22.4 Å². The first-order chi connectivity index (χ1) is 8.56. The summed E-state index contributed by atoms with van der Waals surface area (Å²) in [5, 5.41) is 3.15. The molecule has 3 nitrogen and oxygen atoms in total. The third-order valence-corrected chi connectivity index (χ3v) is 4.87. The highest BCUT2D eigenvalue weighted by Gasteiger charge is 2.14. The Morgan fingerprint density at radius 3 is 2.56 bits per heavy atom. The number of hydrogen-bond acceptors (Lipinski definition) is 4. The maximum absolute atomic E-state index is 4.69. The smallest absolute Gasteiger partial charge is 0.162 e. The van der Waals surface area contributed by atoms with Crippen molar-refractivity contribution in [3.05, 3.63) is 25.1 Å². The van der Waals surface area contributed by atoms with Gasteiger partial charge in [0.15, 0.2) is 5.82 Å². The Hall–Kier alpha value is -0.690. The number of thiophene rings is 1. The molecule has 5 heteroatoms. The lowest BCUT2D eigenvalue weighted by molar-refractivity contribution is 0.989. The van der Waals surface area contributed by atoms with Crippen molar-refractivity contribution in [2.24, 2.45) is 0 Å². The molecule has 0 aromatic carbocycles. The van der Waals surface area contributed by atoms with E-state index >= 15 is 0 Å². The Kier molecular flexibility index (Phi) is 4.21. The monoisotopic (exact) mass is 373 g/mol. The van der Waals surface area contributed by atoms with Crippen molar-refractivity contribution in [1.82, 2.24) is 9.97 Å². The Morgan fingerprint density at radius 1 is 1.33 bits per heavy atom. The summed E-state index contributed by atoms with van der Waals surface area (Å²) in [6.45, 7) is 6.37. The van der Waals surface area contributed by atoms with Gasteiger partial charge in [0, 0.05) is 22.4 Å². The molecule has 0 aliphatic carbocycles. The molecule has 0 bridgehead atoms. The zero-order valence-electron chi connectivity index (χ0n) is 11.0. The molecular formula is C13H16IN3S. The van der Waals surface area contributed by atoms with Gasteiger partial charge in [-0.1, -0.05) is 6.92 Å². The highest BCUT2D eigenvalue weighted by Crippen LogP contribution is 2.30. The zero-order valence-corrected chi connectivity index (χ0v) is 13.9. The second-order valence-corrected chi connectivity index (χ2v) is 6.63. The number of hydrogen-bond donors (Lipinski definition) is 1. The molecule has 0 fully saturated rings. The molecule has 0 saturated heterocycles. The number of halogens is 1. The molecule has 0 atom stereocenters. The molecule has 0 spiro atoms. The van der Waals surface area contributed by atoms with Crippen molar-refractivity contribution < 1.29 is 0 Å². The summed E-state index contributed by atoms with van der Waals surface area (Å²) >= 11 is 4.10. The molecule has 2 aromatic rings. The summed E-state index contributed by atoms with van der Waals surface area (Å²) in [7, 11) is 1.90. The largest absolute Gasteiger partial charge is 0.372 e. The Morgan fingerprint density at radius 2 is 2.06 bits per heavy atom. The molecule has 2 rings (SSSR count). The van der Waals surface area contributed by atoms with Crippen molar-refractivity contribution in [1.29, 1.82) is 0 Å². The summed E-state index contributed by atoms with van der Waals surface area (Å²) in [5.41, 5.74) is 2.26. The van der Waals surface area contributed by atoms with E-state index in [1.54, 1.807) is 11.3 Å². The lowest BCUT2D eigenvalue weighted by Crippen LogP contribution is -2.04. The predicted molar refractivity (Wildman–Crippen MR) is 86.5 cm³/mol. The molecule has 0 radical (unpaired) electrons. The molecule has 1 N–H and O–H groups in total. The molecule has 18 heavy (non-hydrogen) atoms. The Balaban J connectivity index is 2.61. The quantitative estimate of drug-likeness (QED) is 0.826. The van der Waals surface area contributed by atoms with Crippen LogP contribution < -0.4 is 5.32 Å². The zero-order chi connectivity index (χ0) is 13.3. The minimum atomic E-state index is 0.832. The van der Waals surface area contributed by atoms with Gasteiger partial charge in [-0.2, -0.15) is 0 Å². The summed E-state index contributed by atoms with van der Waals surface area (Å²) in [4.78, 5) is 11.9. The molecule has 2 aromatic heterocycles. The molecule has 0 aliphatic heterocycles. The normalized spacial score (nSPS) is 10.7. The number of aryl methyl sites for hydroxylation is 3. The standard InChI is InChI=1S/C13H16IN3S/c1-5-10-11(14)13(15-4)17-12(16-10)9-6-7(2)18-8(9)3/h6H,5H2,1-4H3,(H,15,16,17). The summed E-state index contributed by atoms with van der Waals surface area (Å²) in [6.07, 6.45) is 0.921. The second-order valence-electron chi connectivity index (χ2n) is 4.09. The highest BCUT2D eigenvalue weighted by molar-refractivity contribution is 14.1. The van der Waals surface area contributed by atoms with Crippen molar-refractivity contribution in [3.63, 3.8) is 0 Å². The third kappa shape index (κ3) is 2.51. The van der Waals surface area contributed by atoms with Gasteiger partial charge in [0.1, 0.15) is 5.82 Å². The Bertz CT molecular complexity index is 553. The van der Waals surface area contributed by atoms with Crippen LogP contribution in [0.4, 0.5) is 5.82 Å². The van der Waals surface area contributed by atoms with Crippen LogP contribution in [-0.2, 0) is 6.42 Å². The fourth-order valence-electron chi connectivity index (χ4n) is 1.87. The summed E-state index contributed by atoms with van der Waals surface area (Å²) in [5.74, 6) is 1.75. The topological polar surface area (TPSA) is 37.8 Å². The number of rotatable bonds is 3. The second kappa shape index (κ2) is 5.52. The van der Waals surface area contributed by atoms with Crippen LogP contribution in [0, 0.1) is 17.4 Å². The molecule has 0 aliphatic rings. The SMILES string of the molecule is CCc1nc(-c2cc(C)sc2C)nc(NC)c1I. The van der Waals surface area contributed by atoms with Crippen LogP contribution in [0.25, 0.3) is 11.4 Å². The van der Waals surface area contributed by atoms with Gasteiger partial charge < -0.3 is 5.32 Å². The van der Waals surface area contributed by atoms with E-state index in [2.05, 4.69) is 59.7 Å². The van der Waals surface area contributed by atoms with Crippen LogP contribution in [0.3, 0.4) is 0 Å². The maximum Gasteiger partial charge on any atom is 0.162 e. The van der Waals surface area contributed by atoms with E-state index in [1.165, 1.54) is 9.75 Å². The van der Waals surface area contributed by atoms with Gasteiger partial charge in [0.2, 0.25) is 0 Å². The average molecular weight is 373 g/mol. The van der Waals surface area contributed by atoms with Crippen LogP contribution in [-0.4, -0.2) is 17.0 Å². The van der Waals surface area contributed by atoms with Crippen molar-refractivity contribution in [2.75, 3.05) is 12.4 Å². The first-order valence-corrected chi connectivity index (χ1v) is 7.77. The lowest BCUT2D eigenvalue weighted by atomic mass is 10.2. The minimum Gasteiger partial charge on any atom is -0.372 e. The van der Waals surface area contributed by atoms with Crippen molar-refractivity contribution >= 4 is 39.7 Å². The average Bonchev–Trinajstić information content (AvgIpc) is 2.69. The van der Waals surface area contributed by atoms with E-state index in [4.69, 9.17) is 4.98 Å². The van der Waals surface area contributed by atoms with E-state index in [9.17, 15) is 0 Å². The number of anilines is 1. The van der Waals surface area contributed by atoms with E-state index in [1.807, 2.05) is 7.05 Å². The van der Waals surface area contributed by atoms with Crippen LogP contribution in [0.5, 0.6) is 0 Å². The van der Waals surface area contributed by atoms with E-state index in [0.717, 1.165) is 32.9 Å². The number of aromatic nitrogens is 2. The fraction of sp³-hybridized carbons (Fsp3) is 0.385. The van der Waals surface area contributed by atoms with E-state index in [0.29, 0.717) is 0 Å². The Labute approximate surface area is 125 Å². The van der Waals surface area contributed by atoms with Crippen LogP contribution >= 0.6 is 33.9 Å². The van der Waals surface area contributed by atoms with Crippen molar-refractivity contribution in [3.8, 4) is 11.4 Å². The molecule has 0 unspecified atom stereocenters. The van der Waals surface area contributed by atoms with E-state index < -0.39 is 0 Å². The first-order valence-electron chi connectivity index (χ1n) is 5.88. The lowest BCUT2D eigenvalue weighted by Gasteiger charge is -2.09. The van der Waals surface area contributed by atoms with E-state index in [-0.39, 0.29) is 0 Å². The molecule has 2 heterocycles. The maximum atomic E-state index is 4.69. The predicted octanol–water partition coefficient (Wildman–Crippen LogP) is 4.03. The van der Waals surface area contributed by atoms with Gasteiger partial charge in [-0.15, -0.1) is 11.3 Å². The van der Waals surface area contributed by atoms with Gasteiger partial charge in [0.05, 0.1) is 9.26 Å². The van der Waals surface area contributed by atoms with Gasteiger partial charge in [0.25, 0.3) is 0 Å². The molecule has 0 saturated carbocycles. The van der Waals surface area contributed by atoms with Crippen LogP contribution in [0.15, 0.2) is 6.07 Å². The summed E-state index contributed by atoms with van der Waals surface area (Å²) in [6, 6.07) is 2.17. The number of nitrogens with zero attached hydrogens (tertiary/aromatic N) is 2. The molecule has 96 valence electrons. The van der Waals surface area contributed by atoms with Crippen LogP contribution in [0.2, 0.25) is 0 Å². The first kappa shape index (κ1) is 13.7. The van der Waals surface area contributed by atoms with Crippen molar-refractivity contribution in [2.45, 2.75) is 27.2 Å². The van der Waals surface area contributed by atoms with Gasteiger partial charge in [-0.3, -0.25) is 0 Å². The van der Waals surface area contributed by atoms with Gasteiger partial charge >= 0.3 is 0 Å². The number of nitrogens with one attached hydrogen (secondary N) is 1. The van der Waals surface area contributed by atoms with Gasteiger partial charge in [-0.05, 0) is 48.9 Å². The van der Waals surface area contributed by atoms with Gasteiger partial charge in [-0.25, -0.2) is 9.97 Å². The third-order valence-electron chi connectivity index (χ3n) is 2.77.